The molecule has 0 aliphatic heterocycles. The van der Waals surface area contributed by atoms with E-state index in [-0.39, 0.29) is 6.04 Å². The minimum atomic E-state index is -0.712. The van der Waals surface area contributed by atoms with Crippen LogP contribution in [0.3, 0.4) is 0 Å². The molecule has 1 unspecified atom stereocenters. The van der Waals surface area contributed by atoms with Crippen molar-refractivity contribution >= 4 is 22.6 Å². The van der Waals surface area contributed by atoms with E-state index in [1.54, 1.807) is 11.8 Å². The molecule has 0 saturated heterocycles. The first-order valence-corrected chi connectivity index (χ1v) is 5.99. The summed E-state index contributed by atoms with van der Waals surface area (Å²) in [6.07, 6.45) is 0. The van der Waals surface area contributed by atoms with Crippen LogP contribution in [0.2, 0.25) is 0 Å². The maximum Gasteiger partial charge on any atom is 0.0692 e. The summed E-state index contributed by atoms with van der Waals surface area (Å²) < 4.78 is 11.0. The van der Waals surface area contributed by atoms with Crippen LogP contribution in [-0.4, -0.2) is 26.8 Å². The maximum absolute atomic E-state index is 11.0. The first kappa shape index (κ1) is 10.5. The van der Waals surface area contributed by atoms with Crippen molar-refractivity contribution in [1.82, 2.24) is 0 Å². The molecule has 4 heteroatoms. The van der Waals surface area contributed by atoms with Gasteiger partial charge in [-0.1, -0.05) is 6.92 Å². The topological polar surface area (TPSA) is 43.1 Å². The monoisotopic (exact) mass is 181 g/mol. The van der Waals surface area contributed by atoms with Crippen LogP contribution in [0.25, 0.3) is 0 Å². The van der Waals surface area contributed by atoms with Crippen LogP contribution in [0.4, 0.5) is 0 Å². The third-order valence-corrected chi connectivity index (χ3v) is 3.89. The molecule has 10 heavy (non-hydrogen) atoms. The number of rotatable bonds is 5. The Labute approximate surface area is 69.4 Å². The second-order valence-electron chi connectivity index (χ2n) is 2.19. The SMILES string of the molecule is CCSCS(=O)C[C@@H](C)N. The molecule has 0 heterocycles. The molecule has 0 aliphatic carbocycles. The summed E-state index contributed by atoms with van der Waals surface area (Å²) in [6.45, 7) is 3.95. The van der Waals surface area contributed by atoms with Gasteiger partial charge in [0.15, 0.2) is 0 Å². The number of thioether (sulfide) groups is 1. The van der Waals surface area contributed by atoms with E-state index >= 15 is 0 Å². The van der Waals surface area contributed by atoms with Gasteiger partial charge < -0.3 is 5.73 Å². The van der Waals surface area contributed by atoms with Gasteiger partial charge in [-0.05, 0) is 12.7 Å². The molecular formula is C6H15NOS2. The summed E-state index contributed by atoms with van der Waals surface area (Å²) >= 11 is 1.70. The zero-order valence-corrected chi connectivity index (χ0v) is 8.13. The lowest BCUT2D eigenvalue weighted by atomic mass is 10.4. The van der Waals surface area contributed by atoms with E-state index in [4.69, 9.17) is 5.73 Å². The van der Waals surface area contributed by atoms with Gasteiger partial charge in [-0.2, -0.15) is 0 Å². The Kier molecular flexibility index (Phi) is 6.47. The Morgan fingerprint density at radius 1 is 1.70 bits per heavy atom. The third kappa shape index (κ3) is 6.58. The summed E-state index contributed by atoms with van der Waals surface area (Å²) in [5, 5.41) is 0.734. The van der Waals surface area contributed by atoms with Gasteiger partial charge in [-0.15, -0.1) is 11.8 Å². The molecule has 0 amide bonds. The van der Waals surface area contributed by atoms with Gasteiger partial charge >= 0.3 is 0 Å². The highest BCUT2D eigenvalue weighted by Gasteiger charge is 2.01. The minimum Gasteiger partial charge on any atom is -0.327 e. The fourth-order valence-electron chi connectivity index (χ4n) is 0.518. The highest BCUT2D eigenvalue weighted by Crippen LogP contribution is 2.01. The zero-order chi connectivity index (χ0) is 7.98. The van der Waals surface area contributed by atoms with Crippen molar-refractivity contribution < 1.29 is 4.21 Å². The second kappa shape index (κ2) is 6.19. The van der Waals surface area contributed by atoms with Crippen molar-refractivity contribution in [2.24, 2.45) is 5.73 Å². The summed E-state index contributed by atoms with van der Waals surface area (Å²) in [4.78, 5) is 0. The van der Waals surface area contributed by atoms with E-state index in [0.29, 0.717) is 5.75 Å². The predicted molar refractivity (Wildman–Crippen MR) is 49.7 cm³/mol. The van der Waals surface area contributed by atoms with Crippen LogP contribution in [0, 0.1) is 0 Å². The van der Waals surface area contributed by atoms with Crippen LogP contribution in [0.15, 0.2) is 0 Å². The van der Waals surface area contributed by atoms with Crippen molar-refractivity contribution in [3.05, 3.63) is 0 Å². The summed E-state index contributed by atoms with van der Waals surface area (Å²) in [7, 11) is -0.712. The molecule has 0 aromatic carbocycles. The van der Waals surface area contributed by atoms with Crippen molar-refractivity contribution in [3.63, 3.8) is 0 Å². The molecule has 2 nitrogen and oxygen atoms in total. The second-order valence-corrected chi connectivity index (χ2v) is 5.34. The Balaban J connectivity index is 3.26. The van der Waals surface area contributed by atoms with Crippen molar-refractivity contribution in [3.8, 4) is 0 Å². The molecule has 62 valence electrons. The van der Waals surface area contributed by atoms with Crippen molar-refractivity contribution in [2.75, 3.05) is 16.6 Å². The molecule has 0 rings (SSSR count). The lowest BCUT2D eigenvalue weighted by molar-refractivity contribution is 0.680. The van der Waals surface area contributed by atoms with Crippen LogP contribution >= 0.6 is 11.8 Å². The van der Waals surface area contributed by atoms with Crippen LogP contribution < -0.4 is 5.73 Å². The average molecular weight is 181 g/mol. The zero-order valence-electron chi connectivity index (χ0n) is 6.50. The fourth-order valence-corrected chi connectivity index (χ4v) is 2.90. The molecular weight excluding hydrogens is 166 g/mol. The van der Waals surface area contributed by atoms with Crippen LogP contribution in [-0.2, 0) is 10.8 Å². The van der Waals surface area contributed by atoms with Gasteiger partial charge in [-0.3, -0.25) is 4.21 Å². The van der Waals surface area contributed by atoms with E-state index in [9.17, 15) is 4.21 Å². The van der Waals surface area contributed by atoms with Crippen LogP contribution in [0.1, 0.15) is 13.8 Å². The molecule has 0 radical (unpaired) electrons. The van der Waals surface area contributed by atoms with Gasteiger partial charge in [0.1, 0.15) is 0 Å². The largest absolute Gasteiger partial charge is 0.327 e. The number of hydrogen-bond acceptors (Lipinski definition) is 3. The van der Waals surface area contributed by atoms with E-state index in [2.05, 4.69) is 6.92 Å². The van der Waals surface area contributed by atoms with Crippen molar-refractivity contribution in [2.45, 2.75) is 19.9 Å². The lowest BCUT2D eigenvalue weighted by Crippen LogP contribution is -2.23. The first-order chi connectivity index (χ1) is 4.66. The lowest BCUT2D eigenvalue weighted by Gasteiger charge is -2.03. The average Bonchev–Trinajstić information content (AvgIpc) is 1.82. The molecule has 0 fully saturated rings. The smallest absolute Gasteiger partial charge is 0.0692 e. The quantitative estimate of drug-likeness (QED) is 0.682. The Morgan fingerprint density at radius 3 is 2.70 bits per heavy atom. The van der Waals surface area contributed by atoms with Crippen LogP contribution in [0.5, 0.6) is 0 Å². The normalized spacial score (nSPS) is 16.7. The number of hydrogen-bond donors (Lipinski definition) is 1. The highest BCUT2D eigenvalue weighted by atomic mass is 32.2. The molecule has 0 aliphatic rings. The summed E-state index contributed by atoms with van der Waals surface area (Å²) in [6, 6.07) is 0.0679. The van der Waals surface area contributed by atoms with Gasteiger partial charge in [0.2, 0.25) is 0 Å². The van der Waals surface area contributed by atoms with Crippen molar-refractivity contribution in [1.29, 1.82) is 0 Å². The third-order valence-electron chi connectivity index (χ3n) is 0.868. The molecule has 0 aromatic rings. The van der Waals surface area contributed by atoms with Gasteiger partial charge in [0, 0.05) is 22.6 Å². The molecule has 0 aromatic heterocycles. The molecule has 0 saturated carbocycles. The van der Waals surface area contributed by atoms with Gasteiger partial charge in [-0.25, -0.2) is 0 Å². The standard InChI is InChI=1S/C6H15NOS2/c1-3-9-5-10(8)4-6(2)7/h6H,3-5,7H2,1-2H3/t6-,10?/m1/s1. The fraction of sp³-hybridized carbons (Fsp3) is 1.00. The van der Waals surface area contributed by atoms with E-state index in [1.165, 1.54) is 0 Å². The predicted octanol–water partition coefficient (Wildman–Crippen LogP) is 0.793. The summed E-state index contributed by atoms with van der Waals surface area (Å²) in [5.41, 5.74) is 5.46. The van der Waals surface area contributed by atoms with Gasteiger partial charge in [0.25, 0.3) is 0 Å². The highest BCUT2D eigenvalue weighted by molar-refractivity contribution is 8.10. The molecule has 2 N–H and O–H groups in total. The summed E-state index contributed by atoms with van der Waals surface area (Å²) in [5.74, 6) is 1.66. The van der Waals surface area contributed by atoms with Gasteiger partial charge in [0.05, 0.1) is 5.08 Å². The Bertz CT molecular complexity index is 106. The van der Waals surface area contributed by atoms with E-state index in [0.717, 1.165) is 10.8 Å². The van der Waals surface area contributed by atoms with E-state index in [1.807, 2.05) is 6.92 Å². The first-order valence-electron chi connectivity index (χ1n) is 3.35. The maximum atomic E-state index is 11.0. The Hall–Kier alpha value is 0.460. The minimum absolute atomic E-state index is 0.0679. The Morgan fingerprint density at radius 2 is 2.30 bits per heavy atom. The number of nitrogens with two attached hydrogens (primary N) is 1. The van der Waals surface area contributed by atoms with E-state index < -0.39 is 10.8 Å². The molecule has 0 spiro atoms. The molecule has 0 bridgehead atoms. The molecule has 2 atom stereocenters.